The van der Waals surface area contributed by atoms with Crippen LogP contribution in [0.15, 0.2) is 36.4 Å². The number of aliphatic hydroxyl groups excluding tert-OH is 1. The zero-order valence-electron chi connectivity index (χ0n) is 10.4. The van der Waals surface area contributed by atoms with Gasteiger partial charge in [-0.25, -0.2) is 4.39 Å². The Kier molecular flexibility index (Phi) is 5.28. The molecule has 1 atom stereocenters. The minimum Gasteiger partial charge on any atom is -0.392 e. The molecule has 1 nitrogen and oxygen atoms in total. The summed E-state index contributed by atoms with van der Waals surface area (Å²) in [5, 5.41) is 11.1. The van der Waals surface area contributed by atoms with Crippen molar-refractivity contribution >= 4 is 34.8 Å². The van der Waals surface area contributed by atoms with Crippen LogP contribution in [0, 0.1) is 5.82 Å². The number of halogens is 4. The highest BCUT2D eigenvalue weighted by Gasteiger charge is 2.10. The molecule has 0 fully saturated rings. The summed E-state index contributed by atoms with van der Waals surface area (Å²) in [6, 6.07) is 9.73. The van der Waals surface area contributed by atoms with Crippen LogP contribution in [0.25, 0.3) is 0 Å². The lowest BCUT2D eigenvalue weighted by Crippen LogP contribution is -2.14. The maximum Gasteiger partial charge on any atom is 0.142 e. The highest BCUT2D eigenvalue weighted by molar-refractivity contribution is 6.42. The Morgan fingerprint density at radius 3 is 1.95 bits per heavy atom. The number of hydrogen-bond donors (Lipinski definition) is 1. The molecular formula is C15H12Cl3FO. The second-order valence-electron chi connectivity index (χ2n) is 4.56. The first-order chi connectivity index (χ1) is 9.45. The smallest absolute Gasteiger partial charge is 0.142 e. The maximum atomic E-state index is 13.3. The van der Waals surface area contributed by atoms with Gasteiger partial charge in [0, 0.05) is 0 Å². The fourth-order valence-corrected chi connectivity index (χ4v) is 2.39. The van der Waals surface area contributed by atoms with Crippen LogP contribution in [-0.4, -0.2) is 11.2 Å². The lowest BCUT2D eigenvalue weighted by Gasteiger charge is -2.11. The van der Waals surface area contributed by atoms with E-state index in [1.807, 2.05) is 0 Å². The second kappa shape index (κ2) is 6.77. The van der Waals surface area contributed by atoms with Gasteiger partial charge in [-0.3, -0.25) is 0 Å². The standard InChI is InChI=1S/C15H12Cl3FO/c16-12-3-1-9(7-14(12)18)5-11(20)6-10-2-4-13(17)15(19)8-10/h1-4,7-8,11,20H,5-6H2. The van der Waals surface area contributed by atoms with Crippen molar-refractivity contribution in [3.8, 4) is 0 Å². The first-order valence-electron chi connectivity index (χ1n) is 6.01. The van der Waals surface area contributed by atoms with Gasteiger partial charge in [0.05, 0.1) is 21.2 Å². The van der Waals surface area contributed by atoms with Crippen LogP contribution in [0.5, 0.6) is 0 Å². The van der Waals surface area contributed by atoms with E-state index in [-0.39, 0.29) is 5.02 Å². The van der Waals surface area contributed by atoms with Gasteiger partial charge in [0.2, 0.25) is 0 Å². The summed E-state index contributed by atoms with van der Waals surface area (Å²) in [5.74, 6) is -0.481. The van der Waals surface area contributed by atoms with Crippen LogP contribution in [0.4, 0.5) is 4.39 Å². The van der Waals surface area contributed by atoms with Gasteiger partial charge in [0.25, 0.3) is 0 Å². The molecule has 0 amide bonds. The molecule has 2 aromatic carbocycles. The van der Waals surface area contributed by atoms with Gasteiger partial charge < -0.3 is 5.11 Å². The molecule has 0 aliphatic rings. The Hall–Kier alpha value is -0.800. The summed E-state index contributed by atoms with van der Waals surface area (Å²) in [5.41, 5.74) is 1.57. The molecule has 0 aliphatic carbocycles. The summed E-state index contributed by atoms with van der Waals surface area (Å²) < 4.78 is 13.3. The van der Waals surface area contributed by atoms with Crippen LogP contribution in [0.3, 0.4) is 0 Å². The maximum absolute atomic E-state index is 13.3. The molecule has 0 saturated carbocycles. The second-order valence-corrected chi connectivity index (χ2v) is 5.78. The van der Waals surface area contributed by atoms with Crippen molar-refractivity contribution in [2.24, 2.45) is 0 Å². The van der Waals surface area contributed by atoms with E-state index >= 15 is 0 Å². The lowest BCUT2D eigenvalue weighted by molar-refractivity contribution is 0.175. The predicted molar refractivity (Wildman–Crippen MR) is 81.3 cm³/mol. The summed E-state index contributed by atoms with van der Waals surface area (Å²) in [7, 11) is 0. The predicted octanol–water partition coefficient (Wildman–Crippen LogP) is 4.93. The average molecular weight is 334 g/mol. The highest BCUT2D eigenvalue weighted by atomic mass is 35.5. The number of benzene rings is 2. The molecule has 0 radical (unpaired) electrons. The molecule has 0 aliphatic heterocycles. The summed E-state index contributed by atoms with van der Waals surface area (Å²) in [6.45, 7) is 0. The van der Waals surface area contributed by atoms with Gasteiger partial charge in [0.15, 0.2) is 0 Å². The van der Waals surface area contributed by atoms with E-state index in [1.165, 1.54) is 12.1 Å². The van der Waals surface area contributed by atoms with Gasteiger partial charge in [-0.15, -0.1) is 0 Å². The molecule has 1 unspecified atom stereocenters. The Morgan fingerprint density at radius 2 is 1.40 bits per heavy atom. The normalized spacial score (nSPS) is 12.4. The van der Waals surface area contributed by atoms with Crippen molar-refractivity contribution in [1.29, 1.82) is 0 Å². The molecule has 1 N–H and O–H groups in total. The minimum absolute atomic E-state index is 0.0766. The van der Waals surface area contributed by atoms with E-state index in [0.29, 0.717) is 28.5 Å². The first-order valence-corrected chi connectivity index (χ1v) is 7.15. The van der Waals surface area contributed by atoms with Gasteiger partial charge in [-0.05, 0) is 48.2 Å². The van der Waals surface area contributed by atoms with Gasteiger partial charge in [-0.1, -0.05) is 46.9 Å². The van der Waals surface area contributed by atoms with Crippen molar-refractivity contribution in [3.05, 3.63) is 68.4 Å². The Labute approximate surface area is 131 Å². The molecule has 2 aromatic rings. The van der Waals surface area contributed by atoms with Crippen LogP contribution < -0.4 is 0 Å². The monoisotopic (exact) mass is 332 g/mol. The summed E-state index contributed by atoms with van der Waals surface area (Å²) >= 11 is 17.4. The van der Waals surface area contributed by atoms with E-state index in [1.54, 1.807) is 24.3 Å². The zero-order chi connectivity index (χ0) is 14.7. The third-order valence-corrected chi connectivity index (χ3v) is 3.96. The molecule has 0 spiro atoms. The van der Waals surface area contributed by atoms with Gasteiger partial charge >= 0.3 is 0 Å². The molecule has 106 valence electrons. The number of rotatable bonds is 4. The van der Waals surface area contributed by atoms with E-state index in [4.69, 9.17) is 34.8 Å². The number of aliphatic hydroxyl groups is 1. The highest BCUT2D eigenvalue weighted by Crippen LogP contribution is 2.24. The van der Waals surface area contributed by atoms with E-state index in [9.17, 15) is 9.50 Å². The molecule has 5 heteroatoms. The van der Waals surface area contributed by atoms with Gasteiger partial charge in [0.1, 0.15) is 5.82 Å². The van der Waals surface area contributed by atoms with E-state index in [0.717, 1.165) is 5.56 Å². The largest absolute Gasteiger partial charge is 0.392 e. The number of hydrogen-bond acceptors (Lipinski definition) is 1. The fraction of sp³-hybridized carbons (Fsp3) is 0.200. The molecular weight excluding hydrogens is 322 g/mol. The lowest BCUT2D eigenvalue weighted by atomic mass is 10.0. The molecule has 0 heterocycles. The van der Waals surface area contributed by atoms with Crippen LogP contribution in [0.1, 0.15) is 11.1 Å². The molecule has 0 aromatic heterocycles. The summed E-state index contributed by atoms with van der Waals surface area (Å²) in [4.78, 5) is 0. The topological polar surface area (TPSA) is 20.2 Å². The quantitative estimate of drug-likeness (QED) is 0.841. The van der Waals surface area contributed by atoms with Crippen LogP contribution in [-0.2, 0) is 12.8 Å². The Balaban J connectivity index is 2.02. The first kappa shape index (κ1) is 15.6. The zero-order valence-corrected chi connectivity index (χ0v) is 12.7. The molecule has 0 saturated heterocycles. The van der Waals surface area contributed by atoms with Crippen molar-refractivity contribution in [2.45, 2.75) is 18.9 Å². The van der Waals surface area contributed by atoms with Crippen LogP contribution >= 0.6 is 34.8 Å². The third kappa shape index (κ3) is 4.10. The van der Waals surface area contributed by atoms with E-state index < -0.39 is 11.9 Å². The molecule has 2 rings (SSSR count). The SMILES string of the molecule is OC(Cc1ccc(Cl)c(F)c1)Cc1ccc(Cl)c(Cl)c1. The third-order valence-electron chi connectivity index (χ3n) is 2.91. The van der Waals surface area contributed by atoms with Crippen LogP contribution in [0.2, 0.25) is 15.1 Å². The van der Waals surface area contributed by atoms with Crippen molar-refractivity contribution < 1.29 is 9.50 Å². The minimum atomic E-state index is -0.632. The summed E-state index contributed by atoms with van der Waals surface area (Å²) in [6.07, 6.45) is 0.128. The fourth-order valence-electron chi connectivity index (χ4n) is 1.95. The molecule has 20 heavy (non-hydrogen) atoms. The Morgan fingerprint density at radius 1 is 0.850 bits per heavy atom. The Bertz CT molecular complexity index is 563. The van der Waals surface area contributed by atoms with Crippen molar-refractivity contribution in [3.63, 3.8) is 0 Å². The van der Waals surface area contributed by atoms with Gasteiger partial charge in [-0.2, -0.15) is 0 Å². The average Bonchev–Trinajstić information content (AvgIpc) is 2.38. The van der Waals surface area contributed by atoms with E-state index in [2.05, 4.69) is 0 Å². The molecule has 0 bridgehead atoms. The van der Waals surface area contributed by atoms with Crippen molar-refractivity contribution in [2.75, 3.05) is 0 Å². The van der Waals surface area contributed by atoms with Crippen molar-refractivity contribution in [1.82, 2.24) is 0 Å².